The molecule has 0 bridgehead atoms. The molecule has 0 saturated carbocycles. The van der Waals surface area contributed by atoms with Crippen molar-refractivity contribution in [3.63, 3.8) is 0 Å². The number of carbonyl (C=O) groups is 2. The fourth-order valence-electron chi connectivity index (χ4n) is 3.86. The van der Waals surface area contributed by atoms with Crippen LogP contribution < -0.4 is 24.4 Å². The van der Waals surface area contributed by atoms with Crippen molar-refractivity contribution in [3.05, 3.63) is 82.3 Å². The van der Waals surface area contributed by atoms with Gasteiger partial charge in [-0.2, -0.15) is 0 Å². The lowest BCUT2D eigenvalue weighted by molar-refractivity contribution is -0.118. The van der Waals surface area contributed by atoms with E-state index >= 15 is 0 Å². The molecule has 1 saturated heterocycles. The minimum absolute atomic E-state index is 0.173. The van der Waals surface area contributed by atoms with Crippen molar-refractivity contribution in [3.8, 4) is 17.2 Å². The molecule has 0 radical (unpaired) electrons. The van der Waals surface area contributed by atoms with Crippen LogP contribution in [0.3, 0.4) is 0 Å². The standard InChI is InChI=1S/C29H28N2O5S2/c1-5-35-25-15-20(7-13-24(25)36-17-27(32)30-23-12-6-18(2)14-19(23)3)16-26-28(33)31(29(37)38-26)21-8-10-22(34-4)11-9-21/h6-16H,5,17H2,1-4H3,(H,30,32)/b26-16-. The number of nitrogens with one attached hydrogen (secondary N) is 1. The van der Waals surface area contributed by atoms with Crippen molar-refractivity contribution < 1.29 is 23.8 Å². The Bertz CT molecular complexity index is 1400. The van der Waals surface area contributed by atoms with E-state index in [9.17, 15) is 9.59 Å². The number of anilines is 2. The highest BCUT2D eigenvalue weighted by molar-refractivity contribution is 8.27. The largest absolute Gasteiger partial charge is 0.497 e. The van der Waals surface area contributed by atoms with Crippen molar-refractivity contribution in [2.75, 3.05) is 30.5 Å². The molecular weight excluding hydrogens is 520 g/mol. The molecule has 1 aliphatic rings. The quantitative estimate of drug-likeness (QED) is 0.254. The SMILES string of the molecule is CCOc1cc(/C=C2\SC(=S)N(c3ccc(OC)cc3)C2=O)ccc1OCC(=O)Nc1ccc(C)cc1C. The number of thioether (sulfide) groups is 1. The van der Waals surface area contributed by atoms with Crippen LogP contribution in [-0.2, 0) is 9.59 Å². The molecule has 4 rings (SSSR count). The molecule has 2 amide bonds. The van der Waals surface area contributed by atoms with Crippen molar-refractivity contribution >= 4 is 57.6 Å². The van der Waals surface area contributed by atoms with E-state index in [2.05, 4.69) is 5.32 Å². The maximum Gasteiger partial charge on any atom is 0.270 e. The van der Waals surface area contributed by atoms with Gasteiger partial charge in [0, 0.05) is 5.69 Å². The van der Waals surface area contributed by atoms with Crippen LogP contribution >= 0.6 is 24.0 Å². The number of benzene rings is 3. The van der Waals surface area contributed by atoms with Gasteiger partial charge in [-0.15, -0.1) is 0 Å². The summed E-state index contributed by atoms with van der Waals surface area (Å²) in [5.41, 5.74) is 4.28. The predicted octanol–water partition coefficient (Wildman–Crippen LogP) is 6.13. The third kappa shape index (κ3) is 6.35. The molecule has 0 atom stereocenters. The molecule has 0 unspecified atom stereocenters. The zero-order valence-corrected chi connectivity index (χ0v) is 23.2. The number of hydrogen-bond acceptors (Lipinski definition) is 7. The molecule has 0 spiro atoms. The first-order chi connectivity index (χ1) is 18.3. The number of hydrogen-bond donors (Lipinski definition) is 1. The Labute approximate surface area is 231 Å². The lowest BCUT2D eigenvalue weighted by atomic mass is 10.1. The molecular formula is C29H28N2O5S2. The van der Waals surface area contributed by atoms with Gasteiger partial charge in [-0.05, 0) is 80.4 Å². The van der Waals surface area contributed by atoms with E-state index < -0.39 is 0 Å². The first-order valence-electron chi connectivity index (χ1n) is 12.0. The van der Waals surface area contributed by atoms with Crippen molar-refractivity contribution in [1.29, 1.82) is 0 Å². The van der Waals surface area contributed by atoms with E-state index in [0.717, 1.165) is 22.4 Å². The van der Waals surface area contributed by atoms with E-state index in [1.807, 2.05) is 39.0 Å². The summed E-state index contributed by atoms with van der Waals surface area (Å²) in [6.45, 7) is 6.05. The molecule has 9 heteroatoms. The fraction of sp³-hybridized carbons (Fsp3) is 0.207. The second-order valence-corrected chi connectivity index (χ2v) is 10.2. The third-order valence-corrected chi connectivity index (χ3v) is 7.01. The van der Waals surface area contributed by atoms with Gasteiger partial charge >= 0.3 is 0 Å². The number of rotatable bonds is 9. The number of methoxy groups -OCH3 is 1. The fourth-order valence-corrected chi connectivity index (χ4v) is 5.16. The highest BCUT2D eigenvalue weighted by Crippen LogP contribution is 2.37. The molecule has 7 nitrogen and oxygen atoms in total. The minimum atomic E-state index is -0.273. The second-order valence-electron chi connectivity index (χ2n) is 8.51. The van der Waals surface area contributed by atoms with Gasteiger partial charge in [0.1, 0.15) is 5.75 Å². The lowest BCUT2D eigenvalue weighted by Crippen LogP contribution is -2.27. The van der Waals surface area contributed by atoms with Crippen molar-refractivity contribution in [2.45, 2.75) is 20.8 Å². The van der Waals surface area contributed by atoms with Gasteiger partial charge in [0.2, 0.25) is 0 Å². The van der Waals surface area contributed by atoms with E-state index in [0.29, 0.717) is 38.8 Å². The Hall–Kier alpha value is -3.82. The predicted molar refractivity (Wildman–Crippen MR) is 156 cm³/mol. The van der Waals surface area contributed by atoms with Crippen LogP contribution in [0, 0.1) is 13.8 Å². The molecule has 1 fully saturated rings. The third-order valence-electron chi connectivity index (χ3n) is 5.70. The molecule has 1 heterocycles. The van der Waals surface area contributed by atoms with Crippen LogP contribution in [0.2, 0.25) is 0 Å². The molecule has 1 aliphatic heterocycles. The van der Waals surface area contributed by atoms with E-state index in [4.69, 9.17) is 26.4 Å². The molecule has 38 heavy (non-hydrogen) atoms. The number of ether oxygens (including phenoxy) is 3. The van der Waals surface area contributed by atoms with E-state index in [-0.39, 0.29) is 18.4 Å². The van der Waals surface area contributed by atoms with Gasteiger partial charge in [-0.3, -0.25) is 14.5 Å². The summed E-state index contributed by atoms with van der Waals surface area (Å²) in [7, 11) is 1.59. The lowest BCUT2D eigenvalue weighted by Gasteiger charge is -2.15. The minimum Gasteiger partial charge on any atom is -0.497 e. The Balaban J connectivity index is 1.47. The van der Waals surface area contributed by atoms with Gasteiger partial charge in [0.05, 0.1) is 24.3 Å². The van der Waals surface area contributed by atoms with Gasteiger partial charge in [0.15, 0.2) is 22.4 Å². The summed E-state index contributed by atoms with van der Waals surface area (Å²) in [5.74, 6) is 1.14. The maximum absolute atomic E-state index is 13.1. The Morgan fingerprint density at radius 2 is 1.79 bits per heavy atom. The summed E-state index contributed by atoms with van der Waals surface area (Å²) < 4.78 is 17.2. The van der Waals surface area contributed by atoms with Crippen LogP contribution in [0.15, 0.2) is 65.6 Å². The monoisotopic (exact) mass is 548 g/mol. The Morgan fingerprint density at radius 3 is 2.47 bits per heavy atom. The van der Waals surface area contributed by atoms with Crippen molar-refractivity contribution in [2.24, 2.45) is 0 Å². The van der Waals surface area contributed by atoms with Gasteiger partial charge in [-0.25, -0.2) is 0 Å². The molecule has 196 valence electrons. The number of amides is 2. The average molecular weight is 549 g/mol. The van der Waals surface area contributed by atoms with Gasteiger partial charge < -0.3 is 19.5 Å². The number of thiocarbonyl (C=S) groups is 1. The van der Waals surface area contributed by atoms with Gasteiger partial charge in [0.25, 0.3) is 11.8 Å². The molecule has 1 N–H and O–H groups in total. The smallest absolute Gasteiger partial charge is 0.270 e. The summed E-state index contributed by atoms with van der Waals surface area (Å²) >= 11 is 6.71. The van der Waals surface area contributed by atoms with Crippen molar-refractivity contribution in [1.82, 2.24) is 0 Å². The zero-order valence-electron chi connectivity index (χ0n) is 21.6. The molecule has 0 aromatic heterocycles. The number of carbonyl (C=O) groups excluding carboxylic acids is 2. The summed E-state index contributed by atoms with van der Waals surface area (Å²) in [6.07, 6.45) is 1.77. The highest BCUT2D eigenvalue weighted by atomic mass is 32.2. The molecule has 3 aromatic rings. The summed E-state index contributed by atoms with van der Waals surface area (Å²) in [5, 5.41) is 2.87. The average Bonchev–Trinajstić information content (AvgIpc) is 3.17. The summed E-state index contributed by atoms with van der Waals surface area (Å²) in [6, 6.07) is 18.3. The van der Waals surface area contributed by atoms with Crippen LogP contribution in [0.5, 0.6) is 17.2 Å². The zero-order chi connectivity index (χ0) is 27.2. The van der Waals surface area contributed by atoms with Crippen LogP contribution in [-0.4, -0.2) is 36.5 Å². The first kappa shape index (κ1) is 27.2. The van der Waals surface area contributed by atoms with Crippen LogP contribution in [0.1, 0.15) is 23.6 Å². The van der Waals surface area contributed by atoms with Crippen LogP contribution in [0.4, 0.5) is 11.4 Å². The van der Waals surface area contributed by atoms with Gasteiger partial charge in [-0.1, -0.05) is 47.7 Å². The topological polar surface area (TPSA) is 77.1 Å². The maximum atomic E-state index is 13.1. The molecule has 0 aliphatic carbocycles. The highest BCUT2D eigenvalue weighted by Gasteiger charge is 2.33. The summed E-state index contributed by atoms with van der Waals surface area (Å²) in [4.78, 5) is 27.6. The number of aryl methyl sites for hydroxylation is 2. The van der Waals surface area contributed by atoms with E-state index in [1.54, 1.807) is 55.7 Å². The van der Waals surface area contributed by atoms with E-state index in [1.165, 1.54) is 16.7 Å². The first-order valence-corrected chi connectivity index (χ1v) is 13.2. The molecule has 3 aromatic carbocycles. The second kappa shape index (κ2) is 12.1. The normalized spacial score (nSPS) is 14.1. The van der Waals surface area contributed by atoms with Crippen LogP contribution in [0.25, 0.3) is 6.08 Å². The Kier molecular flexibility index (Phi) is 8.70. The Morgan fingerprint density at radius 1 is 1.03 bits per heavy atom. The number of nitrogens with zero attached hydrogens (tertiary/aromatic N) is 1.